The number of nitro benzene ring substituents is 2. The molecule has 0 aromatic heterocycles. The van der Waals surface area contributed by atoms with Gasteiger partial charge < -0.3 is 19.3 Å². The van der Waals surface area contributed by atoms with Crippen LogP contribution in [0.3, 0.4) is 0 Å². The number of carbonyl (C=O) groups is 1. The van der Waals surface area contributed by atoms with Crippen molar-refractivity contribution in [3.63, 3.8) is 0 Å². The Bertz CT molecular complexity index is 1010. The van der Waals surface area contributed by atoms with E-state index in [1.807, 2.05) is 0 Å². The minimum absolute atomic E-state index is 0.130. The summed E-state index contributed by atoms with van der Waals surface area (Å²) in [5.41, 5.74) is 1.11. The number of methoxy groups -OCH3 is 2. The predicted octanol–water partition coefficient (Wildman–Crippen LogP) is 1.75. The zero-order valence-corrected chi connectivity index (χ0v) is 15.7. The molecule has 2 aromatic carbocycles. The van der Waals surface area contributed by atoms with Crippen molar-refractivity contribution in [1.29, 1.82) is 0 Å². The van der Waals surface area contributed by atoms with E-state index in [9.17, 15) is 30.1 Å². The highest BCUT2D eigenvalue weighted by molar-refractivity contribution is 5.85. The third-order valence-electron chi connectivity index (χ3n) is 3.63. The van der Waals surface area contributed by atoms with Gasteiger partial charge in [0.25, 0.3) is 11.6 Å². The van der Waals surface area contributed by atoms with Crippen molar-refractivity contribution in [3.8, 4) is 23.0 Å². The average Bonchev–Trinajstić information content (AvgIpc) is 2.72. The molecular formula is C17H16N4O9. The molecule has 2 rings (SSSR count). The van der Waals surface area contributed by atoms with Crippen LogP contribution in [0.4, 0.5) is 11.4 Å². The van der Waals surface area contributed by atoms with Crippen LogP contribution in [0.5, 0.6) is 23.0 Å². The predicted molar refractivity (Wildman–Crippen MR) is 102 cm³/mol. The number of benzene rings is 2. The van der Waals surface area contributed by atoms with E-state index in [1.165, 1.54) is 25.5 Å². The lowest BCUT2D eigenvalue weighted by atomic mass is 10.2. The first-order valence-electron chi connectivity index (χ1n) is 8.09. The Morgan fingerprint density at radius 3 is 2.47 bits per heavy atom. The van der Waals surface area contributed by atoms with Crippen molar-refractivity contribution in [1.82, 2.24) is 5.43 Å². The monoisotopic (exact) mass is 420 g/mol. The van der Waals surface area contributed by atoms with Gasteiger partial charge in [0.15, 0.2) is 12.4 Å². The second-order valence-corrected chi connectivity index (χ2v) is 5.52. The first-order valence-corrected chi connectivity index (χ1v) is 8.09. The third kappa shape index (κ3) is 5.31. The fraction of sp³-hybridized carbons (Fsp3) is 0.176. The van der Waals surface area contributed by atoms with Gasteiger partial charge in [-0.25, -0.2) is 5.43 Å². The Balaban J connectivity index is 2.08. The maximum Gasteiger partial charge on any atom is 0.321 e. The maximum atomic E-state index is 11.9. The SMILES string of the molecule is COc1ccc(/C=N\NC(=O)COc2c(OC)cc([N+](=O)[O-])cc2[N+](=O)[O-])c(O)c1. The zero-order valence-electron chi connectivity index (χ0n) is 15.7. The van der Waals surface area contributed by atoms with Crippen LogP contribution in [-0.4, -0.2) is 47.9 Å². The molecule has 158 valence electrons. The summed E-state index contributed by atoms with van der Waals surface area (Å²) in [4.78, 5) is 32.3. The molecule has 0 fully saturated rings. The molecule has 30 heavy (non-hydrogen) atoms. The summed E-state index contributed by atoms with van der Waals surface area (Å²) in [7, 11) is 2.58. The zero-order chi connectivity index (χ0) is 22.3. The molecule has 13 nitrogen and oxygen atoms in total. The van der Waals surface area contributed by atoms with Crippen molar-refractivity contribution in [2.75, 3.05) is 20.8 Å². The van der Waals surface area contributed by atoms with Crippen molar-refractivity contribution in [2.24, 2.45) is 5.10 Å². The number of nitrogens with one attached hydrogen (secondary N) is 1. The molecule has 0 aliphatic rings. The van der Waals surface area contributed by atoms with E-state index in [0.29, 0.717) is 17.4 Å². The minimum Gasteiger partial charge on any atom is -0.507 e. The summed E-state index contributed by atoms with van der Waals surface area (Å²) in [6, 6.07) is 6.06. The van der Waals surface area contributed by atoms with Gasteiger partial charge in [0.2, 0.25) is 5.75 Å². The number of non-ortho nitro benzene ring substituents is 1. The molecule has 1 amide bonds. The first kappa shape index (κ1) is 21.9. The van der Waals surface area contributed by atoms with Crippen LogP contribution in [0, 0.1) is 20.2 Å². The van der Waals surface area contributed by atoms with E-state index in [-0.39, 0.29) is 11.5 Å². The summed E-state index contributed by atoms with van der Waals surface area (Å²) in [5, 5.41) is 35.6. The molecule has 0 spiro atoms. The number of nitro groups is 2. The number of hydrazone groups is 1. The number of phenolic OH excluding ortho intramolecular Hbond substituents is 1. The molecule has 0 atom stereocenters. The van der Waals surface area contributed by atoms with Crippen LogP contribution < -0.4 is 19.6 Å². The molecule has 0 aliphatic heterocycles. The normalized spacial score (nSPS) is 10.5. The Hall–Kier alpha value is -4.42. The maximum absolute atomic E-state index is 11.9. The van der Waals surface area contributed by atoms with Crippen LogP contribution in [0.15, 0.2) is 35.4 Å². The number of nitrogens with zero attached hydrogens (tertiary/aromatic N) is 3. The number of hydrogen-bond donors (Lipinski definition) is 2. The smallest absolute Gasteiger partial charge is 0.321 e. The van der Waals surface area contributed by atoms with Gasteiger partial charge in [0.05, 0.1) is 42.4 Å². The van der Waals surface area contributed by atoms with Gasteiger partial charge in [-0.1, -0.05) is 0 Å². The van der Waals surface area contributed by atoms with Gasteiger partial charge in [0.1, 0.15) is 11.5 Å². The standard InChI is InChI=1S/C17H16N4O9/c1-28-12-4-3-10(14(22)7-12)8-18-19-16(23)9-30-17-13(21(26)27)5-11(20(24)25)6-15(17)29-2/h3-8,22H,9H2,1-2H3,(H,19,23)/b18-8-. The van der Waals surface area contributed by atoms with E-state index in [1.54, 1.807) is 6.07 Å². The van der Waals surface area contributed by atoms with Gasteiger partial charge in [0, 0.05) is 11.6 Å². The molecular weight excluding hydrogens is 404 g/mol. The van der Waals surface area contributed by atoms with Gasteiger partial charge in [-0.2, -0.15) is 5.10 Å². The third-order valence-corrected chi connectivity index (χ3v) is 3.63. The van der Waals surface area contributed by atoms with Crippen LogP contribution in [0.1, 0.15) is 5.56 Å². The van der Waals surface area contributed by atoms with Crippen molar-refractivity contribution in [3.05, 3.63) is 56.1 Å². The first-order chi connectivity index (χ1) is 14.3. The van der Waals surface area contributed by atoms with Gasteiger partial charge in [-0.05, 0) is 12.1 Å². The molecule has 0 unspecified atom stereocenters. The van der Waals surface area contributed by atoms with Crippen molar-refractivity contribution >= 4 is 23.5 Å². The number of ether oxygens (including phenoxy) is 3. The minimum atomic E-state index is -0.895. The van der Waals surface area contributed by atoms with Crippen LogP contribution >= 0.6 is 0 Å². The highest BCUT2D eigenvalue weighted by Crippen LogP contribution is 2.40. The number of phenols is 1. The topological polar surface area (TPSA) is 176 Å². The highest BCUT2D eigenvalue weighted by atomic mass is 16.6. The average molecular weight is 420 g/mol. The lowest BCUT2D eigenvalue weighted by molar-refractivity contribution is -0.394. The number of rotatable bonds is 9. The summed E-state index contributed by atoms with van der Waals surface area (Å²) < 4.78 is 15.0. The Labute approximate surface area is 168 Å². The number of hydrogen-bond acceptors (Lipinski definition) is 10. The summed E-state index contributed by atoms with van der Waals surface area (Å²) in [5.74, 6) is -1.21. The molecule has 2 N–H and O–H groups in total. The Morgan fingerprint density at radius 1 is 1.17 bits per heavy atom. The summed E-state index contributed by atoms with van der Waals surface area (Å²) in [6.07, 6.45) is 1.17. The Morgan fingerprint density at radius 2 is 1.90 bits per heavy atom. The molecule has 0 saturated heterocycles. The fourth-order valence-electron chi connectivity index (χ4n) is 2.21. The van der Waals surface area contributed by atoms with E-state index in [4.69, 9.17) is 14.2 Å². The second kappa shape index (κ2) is 9.68. The molecule has 0 radical (unpaired) electrons. The lowest BCUT2D eigenvalue weighted by Gasteiger charge is -2.10. The van der Waals surface area contributed by atoms with Crippen LogP contribution in [-0.2, 0) is 4.79 Å². The van der Waals surface area contributed by atoms with E-state index in [0.717, 1.165) is 13.2 Å². The largest absolute Gasteiger partial charge is 0.507 e. The van der Waals surface area contributed by atoms with E-state index < -0.39 is 39.5 Å². The molecule has 13 heteroatoms. The van der Waals surface area contributed by atoms with Gasteiger partial charge in [-0.15, -0.1) is 0 Å². The van der Waals surface area contributed by atoms with Crippen molar-refractivity contribution in [2.45, 2.75) is 0 Å². The lowest BCUT2D eigenvalue weighted by Crippen LogP contribution is -2.25. The molecule has 0 bridgehead atoms. The van der Waals surface area contributed by atoms with E-state index in [2.05, 4.69) is 10.5 Å². The molecule has 2 aromatic rings. The Kier molecular flexibility index (Phi) is 7.06. The quantitative estimate of drug-likeness (QED) is 0.347. The molecule has 0 saturated carbocycles. The second-order valence-electron chi connectivity index (χ2n) is 5.52. The molecule has 0 heterocycles. The van der Waals surface area contributed by atoms with E-state index >= 15 is 0 Å². The van der Waals surface area contributed by atoms with Crippen LogP contribution in [0.2, 0.25) is 0 Å². The number of carbonyl (C=O) groups excluding carboxylic acids is 1. The van der Waals surface area contributed by atoms with Crippen LogP contribution in [0.25, 0.3) is 0 Å². The summed E-state index contributed by atoms with van der Waals surface area (Å²) in [6.45, 7) is -0.694. The number of aromatic hydroxyl groups is 1. The van der Waals surface area contributed by atoms with Gasteiger partial charge >= 0.3 is 5.69 Å². The highest BCUT2D eigenvalue weighted by Gasteiger charge is 2.27. The molecule has 0 aliphatic carbocycles. The fourth-order valence-corrected chi connectivity index (χ4v) is 2.21. The number of amides is 1. The van der Waals surface area contributed by atoms with Crippen molar-refractivity contribution < 1.29 is 34.0 Å². The summed E-state index contributed by atoms with van der Waals surface area (Å²) >= 11 is 0. The van der Waals surface area contributed by atoms with Gasteiger partial charge in [-0.3, -0.25) is 25.0 Å².